The van der Waals surface area contributed by atoms with Gasteiger partial charge < -0.3 is 14.9 Å². The van der Waals surface area contributed by atoms with E-state index in [0.29, 0.717) is 12.5 Å². The molecule has 2 rings (SSSR count). The first-order valence-corrected chi connectivity index (χ1v) is 6.38. The Morgan fingerprint density at radius 2 is 2.47 bits per heavy atom. The number of nitrogens with zero attached hydrogens (tertiary/aromatic N) is 1. The van der Waals surface area contributed by atoms with E-state index < -0.39 is 11.9 Å². The van der Waals surface area contributed by atoms with Crippen molar-refractivity contribution in [3.63, 3.8) is 0 Å². The second kappa shape index (κ2) is 5.22. The molecule has 0 radical (unpaired) electrons. The number of thioether (sulfide) groups is 1. The lowest BCUT2D eigenvalue weighted by molar-refractivity contribution is 0.0651. The molecule has 1 aliphatic rings. The molecule has 0 aromatic carbocycles. The fourth-order valence-electron chi connectivity index (χ4n) is 1.55. The van der Waals surface area contributed by atoms with Crippen molar-refractivity contribution in [2.24, 2.45) is 5.92 Å². The predicted molar refractivity (Wildman–Crippen MR) is 61.2 cm³/mol. The van der Waals surface area contributed by atoms with Crippen molar-refractivity contribution in [3.05, 3.63) is 17.5 Å². The van der Waals surface area contributed by atoms with Gasteiger partial charge in [-0.05, 0) is 23.8 Å². The van der Waals surface area contributed by atoms with Crippen LogP contribution in [0.5, 0.6) is 0 Å². The largest absolute Gasteiger partial charge is 0.475 e. The van der Waals surface area contributed by atoms with E-state index in [2.05, 4.69) is 15.0 Å². The maximum atomic E-state index is 11.6. The van der Waals surface area contributed by atoms with Gasteiger partial charge in [0, 0.05) is 12.6 Å². The third-order valence-electron chi connectivity index (χ3n) is 2.53. The first-order valence-electron chi connectivity index (χ1n) is 5.23. The Balaban J connectivity index is 1.87. The fraction of sp³-hybridized carbons (Fsp3) is 0.500. The van der Waals surface area contributed by atoms with Crippen LogP contribution in [0.3, 0.4) is 0 Å². The summed E-state index contributed by atoms with van der Waals surface area (Å²) in [6, 6.07) is 1.13. The second-order valence-corrected chi connectivity index (χ2v) is 4.97. The molecule has 17 heavy (non-hydrogen) atoms. The molecular weight excluding hydrogens is 244 g/mol. The Bertz CT molecular complexity index is 426. The van der Waals surface area contributed by atoms with Crippen LogP contribution in [0.2, 0.25) is 0 Å². The lowest BCUT2D eigenvalue weighted by atomic mass is 10.1. The van der Waals surface area contributed by atoms with Crippen molar-refractivity contribution >= 4 is 23.6 Å². The number of aromatic nitrogens is 1. The molecule has 1 saturated heterocycles. The Hall–Kier alpha value is -1.50. The number of carbonyl (C=O) groups is 2. The lowest BCUT2D eigenvalue weighted by Gasteiger charge is -2.07. The highest BCUT2D eigenvalue weighted by atomic mass is 32.2. The van der Waals surface area contributed by atoms with Gasteiger partial charge in [0.25, 0.3) is 5.91 Å². The van der Waals surface area contributed by atoms with Crippen LogP contribution in [0.25, 0.3) is 0 Å². The summed E-state index contributed by atoms with van der Waals surface area (Å²) >= 11 is 1.87. The average molecular weight is 256 g/mol. The summed E-state index contributed by atoms with van der Waals surface area (Å²) < 4.78 is 4.50. The van der Waals surface area contributed by atoms with Crippen molar-refractivity contribution in [2.75, 3.05) is 18.1 Å². The highest BCUT2D eigenvalue weighted by Gasteiger charge is 2.19. The molecule has 0 saturated carbocycles. The number of rotatable bonds is 4. The lowest BCUT2D eigenvalue weighted by Crippen LogP contribution is -2.29. The van der Waals surface area contributed by atoms with Gasteiger partial charge in [0.1, 0.15) is 0 Å². The SMILES string of the molecule is O=C(NCC1CCSC1)c1cc(C(=O)O)on1. The molecule has 0 bridgehead atoms. The zero-order chi connectivity index (χ0) is 12.3. The van der Waals surface area contributed by atoms with Gasteiger partial charge in [0.15, 0.2) is 5.69 Å². The van der Waals surface area contributed by atoms with E-state index in [1.807, 2.05) is 11.8 Å². The van der Waals surface area contributed by atoms with Crippen LogP contribution >= 0.6 is 11.8 Å². The van der Waals surface area contributed by atoms with Crippen LogP contribution in [0.4, 0.5) is 0 Å². The molecule has 1 fully saturated rings. The summed E-state index contributed by atoms with van der Waals surface area (Å²) in [4.78, 5) is 22.1. The maximum Gasteiger partial charge on any atom is 0.374 e. The molecule has 0 spiro atoms. The molecule has 7 heteroatoms. The van der Waals surface area contributed by atoms with E-state index in [1.165, 1.54) is 0 Å². The van der Waals surface area contributed by atoms with Gasteiger partial charge in [-0.3, -0.25) is 4.79 Å². The van der Waals surface area contributed by atoms with Gasteiger partial charge in [-0.15, -0.1) is 0 Å². The number of hydrogen-bond acceptors (Lipinski definition) is 5. The highest BCUT2D eigenvalue weighted by molar-refractivity contribution is 7.99. The summed E-state index contributed by atoms with van der Waals surface area (Å²) in [7, 11) is 0. The van der Waals surface area contributed by atoms with Gasteiger partial charge >= 0.3 is 5.97 Å². The van der Waals surface area contributed by atoms with Gasteiger partial charge in [-0.25, -0.2) is 4.79 Å². The second-order valence-electron chi connectivity index (χ2n) is 3.82. The molecule has 1 aromatic heterocycles. The number of amides is 1. The van der Waals surface area contributed by atoms with Crippen LogP contribution in [0.1, 0.15) is 27.5 Å². The third kappa shape index (κ3) is 3.00. The topological polar surface area (TPSA) is 92.4 Å². The summed E-state index contributed by atoms with van der Waals surface area (Å²) in [5.41, 5.74) is 0.00745. The van der Waals surface area contributed by atoms with E-state index in [0.717, 1.165) is 24.0 Å². The van der Waals surface area contributed by atoms with Crippen LogP contribution in [-0.4, -0.2) is 40.2 Å². The van der Waals surface area contributed by atoms with Crippen molar-refractivity contribution in [3.8, 4) is 0 Å². The molecule has 1 amide bonds. The number of carboxylic acids is 1. The summed E-state index contributed by atoms with van der Waals surface area (Å²) in [5, 5.41) is 14.7. The molecule has 2 N–H and O–H groups in total. The van der Waals surface area contributed by atoms with Crippen molar-refractivity contribution in [1.82, 2.24) is 10.5 Å². The smallest absolute Gasteiger partial charge is 0.374 e. The number of nitrogens with one attached hydrogen (secondary N) is 1. The molecule has 1 atom stereocenters. The monoisotopic (exact) mass is 256 g/mol. The van der Waals surface area contributed by atoms with E-state index in [9.17, 15) is 9.59 Å². The van der Waals surface area contributed by atoms with Gasteiger partial charge in [0.2, 0.25) is 5.76 Å². The molecule has 0 aliphatic carbocycles. The Morgan fingerprint density at radius 3 is 3.06 bits per heavy atom. The van der Waals surface area contributed by atoms with Gasteiger partial charge in [0.05, 0.1) is 0 Å². The fourth-order valence-corrected chi connectivity index (χ4v) is 2.84. The zero-order valence-corrected chi connectivity index (χ0v) is 9.83. The predicted octanol–water partition coefficient (Wildman–Crippen LogP) is 0.856. The van der Waals surface area contributed by atoms with E-state index in [4.69, 9.17) is 5.11 Å². The Kier molecular flexibility index (Phi) is 3.68. The van der Waals surface area contributed by atoms with Crippen molar-refractivity contribution in [2.45, 2.75) is 6.42 Å². The number of hydrogen-bond donors (Lipinski definition) is 2. The normalized spacial score (nSPS) is 19.2. The first-order chi connectivity index (χ1) is 8.16. The minimum absolute atomic E-state index is 0.00745. The molecule has 1 unspecified atom stereocenters. The Labute approximate surface area is 102 Å². The maximum absolute atomic E-state index is 11.6. The standard InChI is InChI=1S/C10H12N2O4S/c13-9(11-4-6-1-2-17-5-6)7-3-8(10(14)15)16-12-7/h3,6H,1-2,4-5H2,(H,11,13)(H,14,15). The highest BCUT2D eigenvalue weighted by Crippen LogP contribution is 2.22. The summed E-state index contributed by atoms with van der Waals surface area (Å²) in [5.74, 6) is 0.732. The average Bonchev–Trinajstić information content (AvgIpc) is 2.96. The number of carbonyl (C=O) groups excluding carboxylic acids is 1. The van der Waals surface area contributed by atoms with Crippen LogP contribution in [0, 0.1) is 5.92 Å². The van der Waals surface area contributed by atoms with E-state index in [1.54, 1.807) is 0 Å². The number of aromatic carboxylic acids is 1. The summed E-state index contributed by atoms with van der Waals surface area (Å²) in [6.45, 7) is 0.598. The summed E-state index contributed by atoms with van der Waals surface area (Å²) in [6.07, 6.45) is 1.10. The van der Waals surface area contributed by atoms with Gasteiger partial charge in [-0.1, -0.05) is 5.16 Å². The quantitative estimate of drug-likeness (QED) is 0.829. The van der Waals surface area contributed by atoms with Gasteiger partial charge in [-0.2, -0.15) is 11.8 Å². The molecule has 1 aromatic rings. The molecule has 2 heterocycles. The van der Waals surface area contributed by atoms with Crippen LogP contribution in [-0.2, 0) is 0 Å². The van der Waals surface area contributed by atoms with E-state index >= 15 is 0 Å². The minimum Gasteiger partial charge on any atom is -0.475 e. The number of carboxylic acid groups (broad SMARTS) is 1. The van der Waals surface area contributed by atoms with Crippen LogP contribution in [0.15, 0.2) is 10.6 Å². The molecular formula is C10H12N2O4S. The molecule has 6 nitrogen and oxygen atoms in total. The van der Waals surface area contributed by atoms with Crippen molar-refractivity contribution in [1.29, 1.82) is 0 Å². The molecule has 92 valence electrons. The molecule has 1 aliphatic heterocycles. The first kappa shape index (κ1) is 12.0. The zero-order valence-electron chi connectivity index (χ0n) is 9.01. The minimum atomic E-state index is -1.23. The Morgan fingerprint density at radius 1 is 1.65 bits per heavy atom. The van der Waals surface area contributed by atoms with E-state index in [-0.39, 0.29) is 11.5 Å². The van der Waals surface area contributed by atoms with Crippen LogP contribution < -0.4 is 5.32 Å². The third-order valence-corrected chi connectivity index (χ3v) is 3.76. The van der Waals surface area contributed by atoms with Crippen molar-refractivity contribution < 1.29 is 19.2 Å².